The Morgan fingerprint density at radius 3 is 2.00 bits per heavy atom. The van der Waals surface area contributed by atoms with Crippen molar-refractivity contribution in [2.45, 2.75) is 53.2 Å². The van der Waals surface area contributed by atoms with E-state index in [1.54, 1.807) is 0 Å². The first-order valence-corrected chi connectivity index (χ1v) is 5.60. The maximum atomic E-state index is 5.62. The van der Waals surface area contributed by atoms with Crippen LogP contribution in [0, 0.1) is 0 Å². The molecule has 0 spiro atoms. The molecule has 1 fully saturated rings. The van der Waals surface area contributed by atoms with Gasteiger partial charge < -0.3 is 4.74 Å². The molecule has 0 N–H and O–H groups in total. The van der Waals surface area contributed by atoms with Gasteiger partial charge in [-0.1, -0.05) is 20.8 Å². The Labute approximate surface area is 83.3 Å². The molecular formula is C11H25NO. The first kappa shape index (κ1) is 12.9. The molecule has 0 saturated carbocycles. The first-order chi connectivity index (χ1) is 6.22. The van der Waals surface area contributed by atoms with Gasteiger partial charge in [0.1, 0.15) is 0 Å². The van der Waals surface area contributed by atoms with Gasteiger partial charge in [-0.2, -0.15) is 0 Å². The largest absolute Gasteiger partial charge is 0.373 e. The van der Waals surface area contributed by atoms with Crippen molar-refractivity contribution in [1.29, 1.82) is 0 Å². The minimum Gasteiger partial charge on any atom is -0.373 e. The van der Waals surface area contributed by atoms with Gasteiger partial charge in [0, 0.05) is 13.1 Å². The summed E-state index contributed by atoms with van der Waals surface area (Å²) >= 11 is 0. The van der Waals surface area contributed by atoms with Crippen LogP contribution in [-0.4, -0.2) is 36.7 Å². The second kappa shape index (κ2) is 7.34. The predicted molar refractivity (Wildman–Crippen MR) is 58.1 cm³/mol. The molecule has 1 aliphatic rings. The van der Waals surface area contributed by atoms with Gasteiger partial charge in [-0.15, -0.1) is 0 Å². The monoisotopic (exact) mass is 187 g/mol. The summed E-state index contributed by atoms with van der Waals surface area (Å²) in [6.07, 6.45) is 2.09. The Morgan fingerprint density at radius 2 is 1.62 bits per heavy atom. The van der Waals surface area contributed by atoms with E-state index in [1.807, 2.05) is 13.8 Å². The molecule has 13 heavy (non-hydrogen) atoms. The van der Waals surface area contributed by atoms with Crippen molar-refractivity contribution >= 4 is 0 Å². The molecule has 0 amide bonds. The highest BCUT2D eigenvalue weighted by Gasteiger charge is 2.20. The Morgan fingerprint density at radius 1 is 1.15 bits per heavy atom. The summed E-state index contributed by atoms with van der Waals surface area (Å²) in [7, 11) is 0. The number of rotatable bonds is 2. The van der Waals surface area contributed by atoms with Crippen LogP contribution in [0.15, 0.2) is 0 Å². The normalized spacial score (nSPS) is 29.3. The van der Waals surface area contributed by atoms with Crippen LogP contribution in [0.5, 0.6) is 0 Å². The van der Waals surface area contributed by atoms with E-state index in [1.165, 1.54) is 13.0 Å². The van der Waals surface area contributed by atoms with E-state index < -0.39 is 0 Å². The zero-order valence-electron chi connectivity index (χ0n) is 9.84. The summed E-state index contributed by atoms with van der Waals surface area (Å²) in [5.74, 6) is 0. The van der Waals surface area contributed by atoms with E-state index in [2.05, 4.69) is 25.7 Å². The summed E-state index contributed by atoms with van der Waals surface area (Å²) in [5, 5.41) is 0. The first-order valence-electron chi connectivity index (χ1n) is 5.60. The maximum absolute atomic E-state index is 5.62. The lowest BCUT2D eigenvalue weighted by molar-refractivity contribution is -0.0677. The molecule has 2 nitrogen and oxygen atoms in total. The van der Waals surface area contributed by atoms with Gasteiger partial charge in [0.05, 0.1) is 12.2 Å². The highest BCUT2D eigenvalue weighted by Crippen LogP contribution is 2.10. The van der Waals surface area contributed by atoms with Crippen LogP contribution in [0.2, 0.25) is 0 Å². The van der Waals surface area contributed by atoms with Gasteiger partial charge in [0.2, 0.25) is 0 Å². The van der Waals surface area contributed by atoms with Gasteiger partial charge in [-0.05, 0) is 26.8 Å². The second-order valence-corrected chi connectivity index (χ2v) is 3.52. The molecule has 2 heteroatoms. The molecule has 1 rings (SSSR count). The Kier molecular flexibility index (Phi) is 7.29. The van der Waals surface area contributed by atoms with Gasteiger partial charge in [0.15, 0.2) is 0 Å². The van der Waals surface area contributed by atoms with Crippen molar-refractivity contribution in [3.05, 3.63) is 0 Å². The van der Waals surface area contributed by atoms with E-state index in [9.17, 15) is 0 Å². The van der Waals surface area contributed by atoms with Crippen molar-refractivity contribution in [1.82, 2.24) is 4.90 Å². The van der Waals surface area contributed by atoms with E-state index >= 15 is 0 Å². The molecule has 1 saturated heterocycles. The fourth-order valence-electron chi connectivity index (χ4n) is 1.78. The molecule has 0 bridgehead atoms. The molecule has 80 valence electrons. The summed E-state index contributed by atoms with van der Waals surface area (Å²) < 4.78 is 5.62. The number of nitrogens with zero attached hydrogens (tertiary/aromatic N) is 1. The number of morpholine rings is 1. The lowest BCUT2D eigenvalue weighted by Gasteiger charge is -2.35. The average Bonchev–Trinajstić information content (AvgIpc) is 2.06. The minimum absolute atomic E-state index is 0.422. The molecule has 0 radical (unpaired) electrons. The predicted octanol–water partition coefficient (Wildman–Crippen LogP) is 2.53. The third-order valence-corrected chi connectivity index (χ3v) is 2.04. The van der Waals surface area contributed by atoms with Gasteiger partial charge >= 0.3 is 0 Å². The fourth-order valence-corrected chi connectivity index (χ4v) is 1.78. The van der Waals surface area contributed by atoms with Crippen LogP contribution in [0.3, 0.4) is 0 Å². The SMILES string of the molecule is CC.CCCN1C[C@H](C)O[C@@H](C)C1. The molecule has 0 aromatic heterocycles. The molecule has 1 heterocycles. The zero-order valence-corrected chi connectivity index (χ0v) is 9.84. The summed E-state index contributed by atoms with van der Waals surface area (Å²) in [6, 6.07) is 0. The van der Waals surface area contributed by atoms with Crippen LogP contribution >= 0.6 is 0 Å². The topological polar surface area (TPSA) is 12.5 Å². The third-order valence-electron chi connectivity index (χ3n) is 2.04. The number of hydrogen-bond donors (Lipinski definition) is 0. The average molecular weight is 187 g/mol. The van der Waals surface area contributed by atoms with Crippen LogP contribution in [0.4, 0.5) is 0 Å². The molecular weight excluding hydrogens is 162 g/mol. The quantitative estimate of drug-likeness (QED) is 0.658. The third kappa shape index (κ3) is 5.27. The molecule has 2 atom stereocenters. The van der Waals surface area contributed by atoms with Gasteiger partial charge in [-0.3, -0.25) is 4.90 Å². The van der Waals surface area contributed by atoms with Crippen LogP contribution < -0.4 is 0 Å². The molecule has 0 aromatic carbocycles. The Bertz CT molecular complexity index is 107. The van der Waals surface area contributed by atoms with E-state index in [0.717, 1.165) is 13.1 Å². The van der Waals surface area contributed by atoms with Crippen molar-refractivity contribution in [2.75, 3.05) is 19.6 Å². The maximum Gasteiger partial charge on any atom is 0.0678 e. The van der Waals surface area contributed by atoms with Crippen molar-refractivity contribution in [3.63, 3.8) is 0 Å². The smallest absolute Gasteiger partial charge is 0.0678 e. The molecule has 0 unspecified atom stereocenters. The van der Waals surface area contributed by atoms with Gasteiger partial charge in [0.25, 0.3) is 0 Å². The highest BCUT2D eigenvalue weighted by molar-refractivity contribution is 4.72. The van der Waals surface area contributed by atoms with E-state index in [4.69, 9.17) is 4.74 Å². The highest BCUT2D eigenvalue weighted by atomic mass is 16.5. The van der Waals surface area contributed by atoms with Crippen molar-refractivity contribution in [3.8, 4) is 0 Å². The van der Waals surface area contributed by atoms with Crippen LogP contribution in [-0.2, 0) is 4.74 Å². The summed E-state index contributed by atoms with van der Waals surface area (Å²) in [5.41, 5.74) is 0. The van der Waals surface area contributed by atoms with Crippen molar-refractivity contribution in [2.24, 2.45) is 0 Å². The van der Waals surface area contributed by atoms with E-state index in [0.29, 0.717) is 12.2 Å². The van der Waals surface area contributed by atoms with Crippen LogP contribution in [0.1, 0.15) is 41.0 Å². The zero-order chi connectivity index (χ0) is 10.3. The Hall–Kier alpha value is -0.0800. The molecule has 0 aromatic rings. The standard InChI is InChI=1S/C9H19NO.C2H6/c1-4-5-10-6-8(2)11-9(3)7-10;1-2/h8-9H,4-7H2,1-3H3;1-2H3/t8-,9-;/m0./s1. The van der Waals surface area contributed by atoms with E-state index in [-0.39, 0.29) is 0 Å². The minimum atomic E-state index is 0.422. The molecule has 1 aliphatic heterocycles. The summed E-state index contributed by atoms with van der Waals surface area (Å²) in [4.78, 5) is 2.48. The lowest BCUT2D eigenvalue weighted by Crippen LogP contribution is -2.45. The fraction of sp³-hybridized carbons (Fsp3) is 1.00. The van der Waals surface area contributed by atoms with Gasteiger partial charge in [-0.25, -0.2) is 0 Å². The second-order valence-electron chi connectivity index (χ2n) is 3.52. The summed E-state index contributed by atoms with van der Waals surface area (Å²) in [6.45, 7) is 14.0. The van der Waals surface area contributed by atoms with Crippen LogP contribution in [0.25, 0.3) is 0 Å². The Balaban J connectivity index is 0.000000671. The van der Waals surface area contributed by atoms with Crippen molar-refractivity contribution < 1.29 is 4.74 Å². The molecule has 0 aliphatic carbocycles. The lowest BCUT2D eigenvalue weighted by atomic mass is 10.2. The number of ether oxygens (including phenoxy) is 1. The number of hydrogen-bond acceptors (Lipinski definition) is 2.